The molecule has 0 radical (unpaired) electrons. The Labute approximate surface area is 310 Å². The third-order valence-electron chi connectivity index (χ3n) is 10.1. The second-order valence-corrected chi connectivity index (χ2v) is 16.3. The van der Waals surface area contributed by atoms with Crippen molar-refractivity contribution in [2.75, 3.05) is 26.4 Å². The quantitative estimate of drug-likeness (QED) is 0.0663. The fraction of sp³-hybridized carbons (Fsp3) is 0.953. The molecule has 1 atom stereocenters. The highest BCUT2D eigenvalue weighted by atomic mass is 16.6. The maximum absolute atomic E-state index is 13.1. The number of carbonyl (C=O) groups is 2. The van der Waals surface area contributed by atoms with E-state index >= 15 is 0 Å². The topological polar surface area (TPSA) is 85.9 Å². The van der Waals surface area contributed by atoms with Gasteiger partial charge in [0.05, 0.1) is 12.7 Å². The second kappa shape index (κ2) is 32.3. The van der Waals surface area contributed by atoms with Crippen LogP contribution in [0.2, 0.25) is 0 Å². The van der Waals surface area contributed by atoms with Crippen molar-refractivity contribution in [3.63, 3.8) is 0 Å². The molecule has 0 aromatic carbocycles. The number of ether oxygens (including phenoxy) is 3. The number of hydrogen-bond donors (Lipinski definition) is 2. The zero-order valence-electron chi connectivity index (χ0n) is 33.9. The summed E-state index contributed by atoms with van der Waals surface area (Å²) in [7, 11) is 0. The summed E-state index contributed by atoms with van der Waals surface area (Å²) in [6, 6.07) is 0.0641. The van der Waals surface area contributed by atoms with Crippen molar-refractivity contribution in [1.82, 2.24) is 10.6 Å². The van der Waals surface area contributed by atoms with E-state index in [0.29, 0.717) is 13.2 Å². The van der Waals surface area contributed by atoms with Crippen molar-refractivity contribution in [1.29, 1.82) is 0 Å². The highest BCUT2D eigenvalue weighted by molar-refractivity contribution is 5.78. The molecule has 1 aliphatic rings. The van der Waals surface area contributed by atoms with Crippen LogP contribution in [0, 0.1) is 5.92 Å². The number of unbranched alkanes of at least 4 members (excludes halogenated alkanes) is 22. The summed E-state index contributed by atoms with van der Waals surface area (Å²) in [5, 5.41) is 6.15. The van der Waals surface area contributed by atoms with E-state index in [0.717, 1.165) is 51.7 Å². The summed E-state index contributed by atoms with van der Waals surface area (Å²) >= 11 is 0. The van der Waals surface area contributed by atoms with Crippen LogP contribution in [0.25, 0.3) is 0 Å². The highest BCUT2D eigenvalue weighted by Gasteiger charge is 2.28. The standard InChI is InChI=1S/C43H84N2O5/c1-6-8-10-12-14-16-18-20-22-24-26-28-34-48-37-40(49-35-29-27-25-23-21-19-17-15-13-11-9-7-2)36-44-41(46)38-30-32-39(33-31-38)45-42(47)50-43(3,4)5/h38-40H,6-37H2,1-5H3,(H,44,46)(H,45,47)/t38-,39-,40?. The summed E-state index contributed by atoms with van der Waals surface area (Å²) in [5.74, 6) is 0.0753. The predicted molar refractivity (Wildman–Crippen MR) is 211 cm³/mol. The number of nitrogens with one attached hydrogen (secondary N) is 2. The Morgan fingerprint density at radius 2 is 1.02 bits per heavy atom. The molecule has 0 aromatic rings. The Hall–Kier alpha value is -1.34. The third kappa shape index (κ3) is 29.3. The maximum Gasteiger partial charge on any atom is 0.407 e. The van der Waals surface area contributed by atoms with Gasteiger partial charge in [-0.25, -0.2) is 4.79 Å². The van der Waals surface area contributed by atoms with Gasteiger partial charge in [-0.15, -0.1) is 0 Å². The zero-order chi connectivity index (χ0) is 36.5. The van der Waals surface area contributed by atoms with Gasteiger partial charge in [0.2, 0.25) is 5.91 Å². The van der Waals surface area contributed by atoms with Gasteiger partial charge in [-0.1, -0.05) is 155 Å². The van der Waals surface area contributed by atoms with E-state index in [4.69, 9.17) is 14.2 Å². The molecule has 1 aliphatic carbocycles. The van der Waals surface area contributed by atoms with E-state index in [1.54, 1.807) is 0 Å². The van der Waals surface area contributed by atoms with Crippen LogP contribution in [0.4, 0.5) is 4.79 Å². The van der Waals surface area contributed by atoms with Gasteiger partial charge in [-0.05, 0) is 59.3 Å². The van der Waals surface area contributed by atoms with Gasteiger partial charge in [0.1, 0.15) is 5.60 Å². The summed E-state index contributed by atoms with van der Waals surface area (Å²) < 4.78 is 17.8. The first-order chi connectivity index (χ1) is 24.2. The molecule has 7 nitrogen and oxygen atoms in total. The molecular formula is C43H84N2O5. The van der Waals surface area contributed by atoms with Crippen molar-refractivity contribution in [2.24, 2.45) is 5.92 Å². The van der Waals surface area contributed by atoms with E-state index in [-0.39, 0.29) is 30.1 Å². The number of carbonyl (C=O) groups excluding carboxylic acids is 2. The Morgan fingerprint density at radius 1 is 0.600 bits per heavy atom. The molecule has 1 rings (SSSR count). The number of hydrogen-bond acceptors (Lipinski definition) is 5. The highest BCUT2D eigenvalue weighted by Crippen LogP contribution is 2.25. The summed E-state index contributed by atoms with van der Waals surface area (Å²) in [5.41, 5.74) is -0.511. The van der Waals surface area contributed by atoms with Gasteiger partial charge < -0.3 is 24.8 Å². The van der Waals surface area contributed by atoms with E-state index in [2.05, 4.69) is 24.5 Å². The average Bonchev–Trinajstić information content (AvgIpc) is 3.08. The molecule has 296 valence electrons. The van der Waals surface area contributed by atoms with Gasteiger partial charge in [-0.3, -0.25) is 4.79 Å². The van der Waals surface area contributed by atoms with Crippen LogP contribution in [-0.4, -0.2) is 56.1 Å². The predicted octanol–water partition coefficient (Wildman–Crippen LogP) is 12.0. The Bertz CT molecular complexity index is 778. The average molecular weight is 709 g/mol. The van der Waals surface area contributed by atoms with Gasteiger partial charge in [0.15, 0.2) is 0 Å². The van der Waals surface area contributed by atoms with E-state index in [1.807, 2.05) is 20.8 Å². The van der Waals surface area contributed by atoms with Crippen LogP contribution < -0.4 is 10.6 Å². The van der Waals surface area contributed by atoms with E-state index < -0.39 is 5.60 Å². The lowest BCUT2D eigenvalue weighted by Gasteiger charge is -2.30. The van der Waals surface area contributed by atoms with E-state index in [9.17, 15) is 9.59 Å². The first-order valence-electron chi connectivity index (χ1n) is 21.7. The lowest BCUT2D eigenvalue weighted by atomic mass is 9.85. The first kappa shape index (κ1) is 46.7. The molecule has 0 spiro atoms. The van der Waals surface area contributed by atoms with Crippen LogP contribution in [0.5, 0.6) is 0 Å². The van der Waals surface area contributed by atoms with Gasteiger partial charge >= 0.3 is 6.09 Å². The minimum atomic E-state index is -0.511. The number of rotatable bonds is 33. The SMILES string of the molecule is CCCCCCCCCCCCCCOCC(CNC(=O)[C@H]1CC[C@H](NC(=O)OC(C)(C)C)CC1)OCCCCCCCCCCCCCC. The molecule has 0 heterocycles. The Balaban J connectivity index is 2.29. The largest absolute Gasteiger partial charge is 0.444 e. The summed E-state index contributed by atoms with van der Waals surface area (Å²) in [6.07, 6.45) is 34.6. The molecular weight excluding hydrogens is 624 g/mol. The van der Waals surface area contributed by atoms with Crippen molar-refractivity contribution in [3.8, 4) is 0 Å². The molecule has 1 fully saturated rings. The molecule has 1 unspecified atom stereocenters. The van der Waals surface area contributed by atoms with Crippen molar-refractivity contribution in [2.45, 2.75) is 232 Å². The van der Waals surface area contributed by atoms with Crippen LogP contribution >= 0.6 is 0 Å². The van der Waals surface area contributed by atoms with Crippen LogP contribution in [0.15, 0.2) is 0 Å². The molecule has 0 bridgehead atoms. The van der Waals surface area contributed by atoms with Crippen molar-refractivity contribution < 1.29 is 23.8 Å². The zero-order valence-corrected chi connectivity index (χ0v) is 33.9. The number of alkyl carbamates (subject to hydrolysis) is 1. The van der Waals surface area contributed by atoms with Crippen LogP contribution in [0.1, 0.15) is 214 Å². The maximum atomic E-state index is 13.1. The van der Waals surface area contributed by atoms with Crippen molar-refractivity contribution in [3.05, 3.63) is 0 Å². The third-order valence-corrected chi connectivity index (χ3v) is 10.1. The Kier molecular flexibility index (Phi) is 30.2. The molecule has 2 N–H and O–H groups in total. The van der Waals surface area contributed by atoms with E-state index in [1.165, 1.54) is 141 Å². The number of amides is 2. The van der Waals surface area contributed by atoms with Crippen LogP contribution in [0.3, 0.4) is 0 Å². The monoisotopic (exact) mass is 709 g/mol. The second-order valence-electron chi connectivity index (χ2n) is 16.3. The molecule has 50 heavy (non-hydrogen) atoms. The van der Waals surface area contributed by atoms with Gasteiger partial charge in [-0.2, -0.15) is 0 Å². The minimum absolute atomic E-state index is 0.0225. The van der Waals surface area contributed by atoms with Crippen LogP contribution in [-0.2, 0) is 19.0 Å². The summed E-state index contributed by atoms with van der Waals surface area (Å²) in [6.45, 7) is 12.7. The first-order valence-corrected chi connectivity index (χ1v) is 21.7. The van der Waals surface area contributed by atoms with Crippen molar-refractivity contribution >= 4 is 12.0 Å². The molecule has 2 amide bonds. The van der Waals surface area contributed by atoms with Gasteiger partial charge in [0.25, 0.3) is 0 Å². The fourth-order valence-electron chi connectivity index (χ4n) is 6.95. The molecule has 0 aromatic heterocycles. The molecule has 0 aliphatic heterocycles. The lowest BCUT2D eigenvalue weighted by molar-refractivity contribution is -0.127. The molecule has 0 saturated heterocycles. The van der Waals surface area contributed by atoms with Gasteiger partial charge in [0, 0.05) is 31.7 Å². The minimum Gasteiger partial charge on any atom is -0.444 e. The summed E-state index contributed by atoms with van der Waals surface area (Å²) in [4.78, 5) is 25.2. The normalized spacial score (nSPS) is 17.1. The smallest absolute Gasteiger partial charge is 0.407 e. The molecule has 7 heteroatoms. The Morgan fingerprint density at radius 3 is 1.46 bits per heavy atom. The fourth-order valence-corrected chi connectivity index (χ4v) is 6.95. The lowest BCUT2D eigenvalue weighted by Crippen LogP contribution is -2.44. The molecule has 1 saturated carbocycles.